The summed E-state index contributed by atoms with van der Waals surface area (Å²) in [7, 11) is 1.74. The zero-order valence-electron chi connectivity index (χ0n) is 14.9. The van der Waals surface area contributed by atoms with Gasteiger partial charge in [0.15, 0.2) is 0 Å². The predicted molar refractivity (Wildman–Crippen MR) is 86.9 cm³/mol. The van der Waals surface area contributed by atoms with Gasteiger partial charge in [-0.15, -0.1) is 0 Å². The summed E-state index contributed by atoms with van der Waals surface area (Å²) < 4.78 is 5.70. The van der Waals surface area contributed by atoms with Gasteiger partial charge in [-0.2, -0.15) is 0 Å². The average Bonchev–Trinajstić information content (AvgIpc) is 2.39. The Balaban J connectivity index is 2.24. The first-order valence-corrected chi connectivity index (χ1v) is 8.79. The first-order chi connectivity index (χ1) is 9.93. The van der Waals surface area contributed by atoms with Crippen LogP contribution in [0.1, 0.15) is 85.5 Å². The van der Waals surface area contributed by atoms with E-state index >= 15 is 0 Å². The molecule has 0 amide bonds. The molecule has 0 spiro atoms. The number of hydrogen-bond acceptors (Lipinski definition) is 3. The molecule has 0 radical (unpaired) electrons. The molecule has 21 heavy (non-hydrogen) atoms. The molecule has 1 aliphatic rings. The van der Waals surface area contributed by atoms with Gasteiger partial charge in [0, 0.05) is 20.0 Å². The summed E-state index contributed by atoms with van der Waals surface area (Å²) in [5.74, 6) is 0.0509. The maximum absolute atomic E-state index is 5.73. The Kier molecular flexibility index (Phi) is 8.22. The average molecular weight is 300 g/mol. The number of rotatable bonds is 10. The highest BCUT2D eigenvalue weighted by Gasteiger charge is 2.45. The summed E-state index contributed by atoms with van der Waals surface area (Å²) in [5, 5.41) is 0. The molecule has 0 aliphatic heterocycles. The molecule has 126 valence electrons. The summed E-state index contributed by atoms with van der Waals surface area (Å²) in [4.78, 5) is 11.2. The Bertz CT molecular complexity index is 278. The second-order valence-electron chi connectivity index (χ2n) is 7.64. The zero-order valence-corrected chi connectivity index (χ0v) is 14.9. The first-order valence-electron chi connectivity index (χ1n) is 8.79. The van der Waals surface area contributed by atoms with E-state index in [9.17, 15) is 0 Å². The Hall–Kier alpha value is -0.120. The van der Waals surface area contributed by atoms with Gasteiger partial charge in [0.05, 0.1) is 6.61 Å². The summed E-state index contributed by atoms with van der Waals surface area (Å²) >= 11 is 0. The molecule has 0 saturated heterocycles. The molecule has 1 fully saturated rings. The Morgan fingerprint density at radius 1 is 1.00 bits per heavy atom. The van der Waals surface area contributed by atoms with Crippen LogP contribution in [0.3, 0.4) is 0 Å². The van der Waals surface area contributed by atoms with Crippen molar-refractivity contribution < 1.29 is 14.5 Å². The van der Waals surface area contributed by atoms with Crippen molar-refractivity contribution >= 4 is 0 Å². The minimum absolute atomic E-state index is 0.247. The standard InChI is InChI=1S/C18H36O3/c1-6-7-8-9-10-11-12-20-21-18(19-5)14-16(2)13-17(3,4)15-18/h16H,6-15H2,1-5H3. The van der Waals surface area contributed by atoms with Gasteiger partial charge in [0.25, 0.3) is 0 Å². The van der Waals surface area contributed by atoms with Crippen LogP contribution >= 0.6 is 0 Å². The fourth-order valence-corrected chi connectivity index (χ4v) is 3.76. The van der Waals surface area contributed by atoms with Crippen molar-refractivity contribution in [1.29, 1.82) is 0 Å². The van der Waals surface area contributed by atoms with Crippen molar-refractivity contribution in [2.75, 3.05) is 13.7 Å². The van der Waals surface area contributed by atoms with E-state index < -0.39 is 5.79 Å². The third kappa shape index (κ3) is 7.12. The van der Waals surface area contributed by atoms with Crippen LogP contribution in [0.4, 0.5) is 0 Å². The van der Waals surface area contributed by atoms with Gasteiger partial charge in [0.1, 0.15) is 0 Å². The van der Waals surface area contributed by atoms with Crippen molar-refractivity contribution in [3.63, 3.8) is 0 Å². The van der Waals surface area contributed by atoms with Gasteiger partial charge in [-0.05, 0) is 24.2 Å². The van der Waals surface area contributed by atoms with Gasteiger partial charge < -0.3 is 4.74 Å². The molecule has 1 rings (SSSR count). The molecule has 0 aromatic carbocycles. The summed E-state index contributed by atoms with van der Waals surface area (Å²) in [6, 6.07) is 0. The highest BCUT2D eigenvalue weighted by atomic mass is 17.2. The van der Waals surface area contributed by atoms with Crippen LogP contribution in [0.25, 0.3) is 0 Å². The topological polar surface area (TPSA) is 27.7 Å². The first kappa shape index (κ1) is 18.9. The van der Waals surface area contributed by atoms with Crippen molar-refractivity contribution in [3.8, 4) is 0 Å². The predicted octanol–water partition coefficient (Wildman–Crippen LogP) is 5.48. The van der Waals surface area contributed by atoms with Crippen molar-refractivity contribution in [1.82, 2.24) is 0 Å². The van der Waals surface area contributed by atoms with Gasteiger partial charge in [-0.25, -0.2) is 9.78 Å². The lowest BCUT2D eigenvalue weighted by Gasteiger charge is -2.45. The highest BCUT2D eigenvalue weighted by molar-refractivity contribution is 4.88. The molecule has 3 heteroatoms. The van der Waals surface area contributed by atoms with E-state index in [4.69, 9.17) is 14.5 Å². The molecule has 2 atom stereocenters. The fourth-order valence-electron chi connectivity index (χ4n) is 3.76. The smallest absolute Gasteiger partial charge is 0.202 e. The highest BCUT2D eigenvalue weighted by Crippen LogP contribution is 2.46. The van der Waals surface area contributed by atoms with Gasteiger partial charge in [0.2, 0.25) is 5.79 Å². The van der Waals surface area contributed by atoms with E-state index in [2.05, 4.69) is 27.7 Å². The van der Waals surface area contributed by atoms with Crippen LogP contribution in [0.2, 0.25) is 0 Å². The molecule has 0 aromatic heterocycles. The molecule has 0 N–H and O–H groups in total. The maximum Gasteiger partial charge on any atom is 0.202 e. The van der Waals surface area contributed by atoms with Gasteiger partial charge >= 0.3 is 0 Å². The normalized spacial score (nSPS) is 28.7. The Labute approximate surface area is 131 Å². The van der Waals surface area contributed by atoms with E-state index in [0.29, 0.717) is 12.5 Å². The molecule has 1 aliphatic carbocycles. The quantitative estimate of drug-likeness (QED) is 0.231. The van der Waals surface area contributed by atoms with E-state index in [1.165, 1.54) is 38.5 Å². The van der Waals surface area contributed by atoms with Crippen LogP contribution in [0.15, 0.2) is 0 Å². The van der Waals surface area contributed by atoms with Gasteiger partial charge in [-0.1, -0.05) is 59.8 Å². The third-order valence-corrected chi connectivity index (χ3v) is 4.47. The van der Waals surface area contributed by atoms with Crippen LogP contribution < -0.4 is 0 Å². The van der Waals surface area contributed by atoms with E-state index in [1.807, 2.05) is 0 Å². The number of methoxy groups -OCH3 is 1. The van der Waals surface area contributed by atoms with Crippen LogP contribution in [-0.2, 0) is 14.5 Å². The minimum atomic E-state index is -0.552. The largest absolute Gasteiger partial charge is 0.351 e. The maximum atomic E-state index is 5.73. The Morgan fingerprint density at radius 3 is 2.29 bits per heavy atom. The third-order valence-electron chi connectivity index (χ3n) is 4.47. The number of ether oxygens (including phenoxy) is 1. The molecule has 3 nitrogen and oxygen atoms in total. The second kappa shape index (κ2) is 9.12. The lowest BCUT2D eigenvalue weighted by molar-refractivity contribution is -0.439. The lowest BCUT2D eigenvalue weighted by Crippen LogP contribution is -2.45. The lowest BCUT2D eigenvalue weighted by atomic mass is 9.70. The molecular formula is C18H36O3. The minimum Gasteiger partial charge on any atom is -0.351 e. The van der Waals surface area contributed by atoms with E-state index in [0.717, 1.165) is 19.3 Å². The summed E-state index contributed by atoms with van der Waals surface area (Å²) in [6.45, 7) is 9.76. The zero-order chi connectivity index (χ0) is 15.8. The van der Waals surface area contributed by atoms with Crippen LogP contribution in [0.5, 0.6) is 0 Å². The van der Waals surface area contributed by atoms with E-state index in [1.54, 1.807) is 7.11 Å². The molecule has 2 unspecified atom stereocenters. The molecule has 0 heterocycles. The van der Waals surface area contributed by atoms with Crippen molar-refractivity contribution in [3.05, 3.63) is 0 Å². The molecule has 0 aromatic rings. The van der Waals surface area contributed by atoms with E-state index in [-0.39, 0.29) is 5.41 Å². The number of hydrogen-bond donors (Lipinski definition) is 0. The second-order valence-corrected chi connectivity index (χ2v) is 7.64. The van der Waals surface area contributed by atoms with Crippen molar-refractivity contribution in [2.24, 2.45) is 11.3 Å². The van der Waals surface area contributed by atoms with Gasteiger partial charge in [-0.3, -0.25) is 0 Å². The summed E-state index contributed by atoms with van der Waals surface area (Å²) in [6.07, 6.45) is 10.6. The molecule has 0 bridgehead atoms. The Morgan fingerprint density at radius 2 is 1.67 bits per heavy atom. The SMILES string of the molecule is CCCCCCCCOOC1(OC)CC(C)CC(C)(C)C1. The number of unbranched alkanes of at least 4 members (excludes halogenated alkanes) is 5. The molecule has 1 saturated carbocycles. The van der Waals surface area contributed by atoms with Crippen LogP contribution in [-0.4, -0.2) is 19.5 Å². The monoisotopic (exact) mass is 300 g/mol. The molecular weight excluding hydrogens is 264 g/mol. The van der Waals surface area contributed by atoms with Crippen LogP contribution in [0, 0.1) is 11.3 Å². The fraction of sp³-hybridized carbons (Fsp3) is 1.00. The summed E-state index contributed by atoms with van der Waals surface area (Å²) in [5.41, 5.74) is 0.247. The van der Waals surface area contributed by atoms with Crippen molar-refractivity contribution in [2.45, 2.75) is 91.3 Å².